The van der Waals surface area contributed by atoms with Crippen molar-refractivity contribution in [1.29, 1.82) is 0 Å². The second-order valence-electron chi connectivity index (χ2n) is 3.76. The van der Waals surface area contributed by atoms with E-state index in [4.69, 9.17) is 4.74 Å². The predicted octanol–water partition coefficient (Wildman–Crippen LogP) is 1.90. The molecule has 0 saturated heterocycles. The van der Waals surface area contributed by atoms with Crippen LogP contribution in [0.1, 0.15) is 25.7 Å². The smallest absolute Gasteiger partial charge is 0.0474 e. The van der Waals surface area contributed by atoms with E-state index in [1.165, 1.54) is 25.8 Å². The monoisotopic (exact) mass is 203 g/mol. The minimum absolute atomic E-state index is 0.576. The highest BCUT2D eigenvalue weighted by Crippen LogP contribution is 2.41. The van der Waals surface area contributed by atoms with Crippen LogP contribution in [0.15, 0.2) is 0 Å². The fourth-order valence-corrected chi connectivity index (χ4v) is 2.63. The SMILES string of the molecule is COCCCNCC1(SC)CCC1. The van der Waals surface area contributed by atoms with Crippen molar-refractivity contribution in [2.75, 3.05) is 33.1 Å². The van der Waals surface area contributed by atoms with Gasteiger partial charge in [0.15, 0.2) is 0 Å². The molecule has 1 rings (SSSR count). The lowest BCUT2D eigenvalue weighted by atomic mass is 9.84. The molecule has 0 amide bonds. The Labute approximate surface area is 85.8 Å². The maximum absolute atomic E-state index is 5.00. The summed E-state index contributed by atoms with van der Waals surface area (Å²) < 4.78 is 5.57. The number of ether oxygens (including phenoxy) is 1. The topological polar surface area (TPSA) is 21.3 Å². The van der Waals surface area contributed by atoms with Crippen LogP contribution in [0.25, 0.3) is 0 Å². The molecule has 0 unspecified atom stereocenters. The molecule has 0 aromatic heterocycles. The van der Waals surface area contributed by atoms with E-state index in [0.29, 0.717) is 4.75 Å². The van der Waals surface area contributed by atoms with Gasteiger partial charge in [-0.2, -0.15) is 11.8 Å². The molecule has 0 heterocycles. The van der Waals surface area contributed by atoms with Gasteiger partial charge in [0.25, 0.3) is 0 Å². The van der Waals surface area contributed by atoms with Crippen LogP contribution in [0.3, 0.4) is 0 Å². The highest BCUT2D eigenvalue weighted by molar-refractivity contribution is 8.00. The molecule has 0 atom stereocenters. The molecule has 0 aromatic rings. The lowest BCUT2D eigenvalue weighted by Crippen LogP contribution is -2.43. The van der Waals surface area contributed by atoms with Gasteiger partial charge in [-0.05, 0) is 32.1 Å². The molecule has 13 heavy (non-hydrogen) atoms. The molecule has 0 aliphatic heterocycles. The van der Waals surface area contributed by atoms with Crippen LogP contribution < -0.4 is 5.32 Å². The van der Waals surface area contributed by atoms with Gasteiger partial charge in [-0.1, -0.05) is 6.42 Å². The number of hydrogen-bond acceptors (Lipinski definition) is 3. The Morgan fingerprint density at radius 1 is 1.46 bits per heavy atom. The van der Waals surface area contributed by atoms with Crippen LogP contribution in [0.5, 0.6) is 0 Å². The summed E-state index contributed by atoms with van der Waals surface area (Å²) in [4.78, 5) is 0. The molecular weight excluding hydrogens is 182 g/mol. The van der Waals surface area contributed by atoms with Crippen LogP contribution in [0.2, 0.25) is 0 Å². The maximum atomic E-state index is 5.00. The van der Waals surface area contributed by atoms with Gasteiger partial charge in [-0.3, -0.25) is 0 Å². The van der Waals surface area contributed by atoms with Crippen molar-refractivity contribution in [2.24, 2.45) is 0 Å². The van der Waals surface area contributed by atoms with Gasteiger partial charge >= 0.3 is 0 Å². The van der Waals surface area contributed by atoms with Gasteiger partial charge in [0, 0.05) is 25.0 Å². The normalized spacial score (nSPS) is 19.8. The van der Waals surface area contributed by atoms with E-state index in [1.54, 1.807) is 7.11 Å². The lowest BCUT2D eigenvalue weighted by molar-refractivity contribution is 0.193. The van der Waals surface area contributed by atoms with E-state index >= 15 is 0 Å². The number of rotatable bonds is 7. The number of methoxy groups -OCH3 is 1. The first-order valence-corrected chi connectivity index (χ1v) is 6.30. The zero-order valence-corrected chi connectivity index (χ0v) is 9.58. The summed E-state index contributed by atoms with van der Waals surface area (Å²) in [5.41, 5.74) is 0. The summed E-state index contributed by atoms with van der Waals surface area (Å²) in [5, 5.41) is 3.51. The molecular formula is C10H21NOS. The Balaban J connectivity index is 1.98. The third kappa shape index (κ3) is 3.49. The lowest BCUT2D eigenvalue weighted by Gasteiger charge is -2.40. The Morgan fingerprint density at radius 2 is 2.23 bits per heavy atom. The van der Waals surface area contributed by atoms with Crippen molar-refractivity contribution in [1.82, 2.24) is 5.32 Å². The van der Waals surface area contributed by atoms with Gasteiger partial charge in [0.2, 0.25) is 0 Å². The van der Waals surface area contributed by atoms with E-state index in [1.807, 2.05) is 11.8 Å². The molecule has 78 valence electrons. The Kier molecular flexibility index (Phi) is 5.14. The molecule has 1 aliphatic rings. The van der Waals surface area contributed by atoms with Crippen molar-refractivity contribution in [2.45, 2.75) is 30.4 Å². The fourth-order valence-electron chi connectivity index (χ4n) is 1.68. The van der Waals surface area contributed by atoms with Crippen LogP contribution in [-0.2, 0) is 4.74 Å². The van der Waals surface area contributed by atoms with Crippen LogP contribution >= 0.6 is 11.8 Å². The third-order valence-electron chi connectivity index (χ3n) is 2.85. The van der Waals surface area contributed by atoms with E-state index < -0.39 is 0 Å². The maximum Gasteiger partial charge on any atom is 0.0474 e. The predicted molar refractivity (Wildman–Crippen MR) is 59.5 cm³/mol. The van der Waals surface area contributed by atoms with Gasteiger partial charge in [-0.25, -0.2) is 0 Å². The second kappa shape index (κ2) is 5.89. The van der Waals surface area contributed by atoms with Crippen LogP contribution in [0, 0.1) is 0 Å². The highest BCUT2D eigenvalue weighted by Gasteiger charge is 2.35. The molecule has 0 radical (unpaired) electrons. The molecule has 3 heteroatoms. The summed E-state index contributed by atoms with van der Waals surface area (Å²) in [6.45, 7) is 3.15. The van der Waals surface area contributed by atoms with Crippen molar-refractivity contribution < 1.29 is 4.74 Å². The van der Waals surface area contributed by atoms with E-state index in [-0.39, 0.29) is 0 Å². The summed E-state index contributed by atoms with van der Waals surface area (Å²) in [5.74, 6) is 0. The third-order valence-corrected chi connectivity index (χ3v) is 4.27. The quantitative estimate of drug-likeness (QED) is 0.639. The Morgan fingerprint density at radius 3 is 2.69 bits per heavy atom. The van der Waals surface area contributed by atoms with E-state index in [9.17, 15) is 0 Å². The van der Waals surface area contributed by atoms with Crippen LogP contribution in [0.4, 0.5) is 0 Å². The van der Waals surface area contributed by atoms with E-state index in [2.05, 4.69) is 11.6 Å². The van der Waals surface area contributed by atoms with Gasteiger partial charge < -0.3 is 10.1 Å². The number of hydrogen-bond donors (Lipinski definition) is 1. The standard InChI is InChI=1S/C10H21NOS/c1-12-8-4-7-11-9-10(13-2)5-3-6-10/h11H,3-9H2,1-2H3. The van der Waals surface area contributed by atoms with Crippen molar-refractivity contribution in [3.8, 4) is 0 Å². The fraction of sp³-hybridized carbons (Fsp3) is 1.00. The molecule has 2 nitrogen and oxygen atoms in total. The minimum atomic E-state index is 0.576. The zero-order chi connectivity index (χ0) is 9.57. The summed E-state index contributed by atoms with van der Waals surface area (Å²) in [6.07, 6.45) is 7.56. The first-order valence-electron chi connectivity index (χ1n) is 5.08. The summed E-state index contributed by atoms with van der Waals surface area (Å²) in [7, 11) is 1.76. The largest absolute Gasteiger partial charge is 0.385 e. The van der Waals surface area contributed by atoms with Gasteiger partial charge in [-0.15, -0.1) is 0 Å². The van der Waals surface area contributed by atoms with Crippen molar-refractivity contribution in [3.05, 3.63) is 0 Å². The van der Waals surface area contributed by atoms with Gasteiger partial charge in [0.1, 0.15) is 0 Å². The average molecular weight is 203 g/mol. The van der Waals surface area contributed by atoms with E-state index in [0.717, 1.165) is 19.6 Å². The average Bonchev–Trinajstić information content (AvgIpc) is 2.09. The molecule has 0 bridgehead atoms. The summed E-state index contributed by atoms with van der Waals surface area (Å²) >= 11 is 2.03. The second-order valence-corrected chi connectivity index (χ2v) is 5.04. The molecule has 0 aromatic carbocycles. The van der Waals surface area contributed by atoms with Crippen LogP contribution in [-0.4, -0.2) is 37.8 Å². The Bertz CT molecular complexity index is 131. The van der Waals surface area contributed by atoms with Crippen molar-refractivity contribution >= 4 is 11.8 Å². The molecule has 1 saturated carbocycles. The number of nitrogens with one attached hydrogen (secondary N) is 1. The van der Waals surface area contributed by atoms with Crippen molar-refractivity contribution in [3.63, 3.8) is 0 Å². The number of thioether (sulfide) groups is 1. The molecule has 1 aliphatic carbocycles. The summed E-state index contributed by atoms with van der Waals surface area (Å²) in [6, 6.07) is 0. The highest BCUT2D eigenvalue weighted by atomic mass is 32.2. The Hall–Kier alpha value is 0.270. The molecule has 0 spiro atoms. The van der Waals surface area contributed by atoms with Gasteiger partial charge in [0.05, 0.1) is 0 Å². The minimum Gasteiger partial charge on any atom is -0.385 e. The molecule has 1 N–H and O–H groups in total. The molecule has 1 fully saturated rings. The first kappa shape index (κ1) is 11.3. The first-order chi connectivity index (χ1) is 6.33. The zero-order valence-electron chi connectivity index (χ0n) is 8.77.